The van der Waals surface area contributed by atoms with Gasteiger partial charge in [-0.2, -0.15) is 0 Å². The highest BCUT2D eigenvalue weighted by molar-refractivity contribution is 5.82. The Morgan fingerprint density at radius 3 is 1.98 bits per heavy atom. The highest BCUT2D eigenvalue weighted by atomic mass is 16.7. The van der Waals surface area contributed by atoms with Gasteiger partial charge >= 0.3 is 23.9 Å². The number of ether oxygens (including phenoxy) is 4. The number of rotatable bonds is 14. The predicted molar refractivity (Wildman–Crippen MR) is 194 cm³/mol. The van der Waals surface area contributed by atoms with Gasteiger partial charge in [-0.15, -0.1) is 0 Å². The van der Waals surface area contributed by atoms with E-state index in [4.69, 9.17) is 18.9 Å². The molecule has 1 heterocycles. The molecule has 4 rings (SSSR count). The first-order valence-electron chi connectivity index (χ1n) is 18.6. The molecule has 10 heteroatoms. The minimum Gasteiger partial charge on any atom is -0.481 e. The maximum Gasteiger partial charge on any atom is 0.311 e. The van der Waals surface area contributed by atoms with Crippen LogP contribution in [-0.4, -0.2) is 65.8 Å². The average Bonchev–Trinajstić information content (AvgIpc) is 3.10. The smallest absolute Gasteiger partial charge is 0.311 e. The Morgan fingerprint density at radius 1 is 0.882 bits per heavy atom. The molecule has 1 saturated heterocycles. The molecule has 10 nitrogen and oxygen atoms in total. The van der Waals surface area contributed by atoms with Gasteiger partial charge in [-0.25, -0.2) is 0 Å². The molecular formula is C41H60O10. The van der Waals surface area contributed by atoms with E-state index in [0.29, 0.717) is 25.4 Å². The minimum absolute atomic E-state index is 0.0399. The van der Waals surface area contributed by atoms with Crippen LogP contribution in [0, 0.1) is 35.0 Å². The van der Waals surface area contributed by atoms with Gasteiger partial charge in [0.2, 0.25) is 6.29 Å². The van der Waals surface area contributed by atoms with Gasteiger partial charge in [0, 0.05) is 12.3 Å². The average molecular weight is 713 g/mol. The van der Waals surface area contributed by atoms with Crippen LogP contribution in [0.3, 0.4) is 0 Å². The monoisotopic (exact) mass is 712 g/mol. The van der Waals surface area contributed by atoms with Crippen LogP contribution in [0.15, 0.2) is 48.5 Å². The molecule has 0 radical (unpaired) electrons. The van der Waals surface area contributed by atoms with Gasteiger partial charge in [0.1, 0.15) is 5.60 Å². The molecule has 8 unspecified atom stereocenters. The minimum atomic E-state index is -1.22. The van der Waals surface area contributed by atoms with Crippen molar-refractivity contribution < 1.29 is 48.3 Å². The lowest BCUT2D eigenvalue weighted by molar-refractivity contribution is -0.193. The number of hydrogen-bond donors (Lipinski definition) is 2. The van der Waals surface area contributed by atoms with E-state index in [1.165, 1.54) is 17.9 Å². The summed E-state index contributed by atoms with van der Waals surface area (Å²) >= 11 is 0. The van der Waals surface area contributed by atoms with Gasteiger partial charge in [-0.3, -0.25) is 19.2 Å². The molecule has 2 fully saturated rings. The predicted octanol–water partition coefficient (Wildman–Crippen LogP) is 7.73. The second-order valence-corrected chi connectivity index (χ2v) is 15.4. The summed E-state index contributed by atoms with van der Waals surface area (Å²) in [6.07, 6.45) is 3.59. The van der Waals surface area contributed by atoms with Crippen molar-refractivity contribution in [1.82, 2.24) is 0 Å². The summed E-state index contributed by atoms with van der Waals surface area (Å²) in [6.45, 7) is 11.1. The summed E-state index contributed by atoms with van der Waals surface area (Å²) < 4.78 is 22.1. The van der Waals surface area contributed by atoms with Crippen LogP contribution in [-0.2, 0) is 38.1 Å². The van der Waals surface area contributed by atoms with E-state index in [-0.39, 0.29) is 31.6 Å². The standard InChI is InChI=1S/C31H52O10.C10H8/c1-8-31(6,29(36)37)18-22(28(35)40-25-11-9-10-14-39-25)17-21(27(34)38-7)16-20(3)26(33)41-30(4,5)23-13-12-19(2)15-24(23)32;1-2-6-10-8-4-3-7-9(10)5-1/h19-25,32H,8-18H2,1-7H3,(H,36,37);1-8H. The second kappa shape index (κ2) is 19.4. The summed E-state index contributed by atoms with van der Waals surface area (Å²) in [5.41, 5.74) is -2.12. The molecule has 2 aromatic rings. The number of aliphatic hydroxyl groups excluding tert-OH is 1. The molecular weight excluding hydrogens is 652 g/mol. The van der Waals surface area contributed by atoms with Gasteiger partial charge in [0.25, 0.3) is 0 Å². The van der Waals surface area contributed by atoms with Crippen LogP contribution in [0.4, 0.5) is 0 Å². The Labute approximate surface area is 303 Å². The number of esters is 3. The molecule has 0 amide bonds. The SMILES string of the molecule is CCC(C)(CC(CC(CC(C)C(=O)OC(C)(C)C1CCC(C)CC1O)C(=O)OC)C(=O)OC1CCCCO1)C(=O)O.c1ccc2ccccc2c1. The molecule has 0 aromatic heterocycles. The van der Waals surface area contributed by atoms with E-state index < -0.39 is 65.0 Å². The van der Waals surface area contributed by atoms with Gasteiger partial charge in [-0.05, 0) is 88.8 Å². The number of carbonyl (C=O) groups excluding carboxylic acids is 3. The lowest BCUT2D eigenvalue weighted by atomic mass is 9.73. The highest BCUT2D eigenvalue weighted by Gasteiger charge is 2.43. The first-order chi connectivity index (χ1) is 24.1. The summed E-state index contributed by atoms with van der Waals surface area (Å²) in [5, 5.41) is 23.2. The van der Waals surface area contributed by atoms with Crippen molar-refractivity contribution in [3.63, 3.8) is 0 Å². The van der Waals surface area contributed by atoms with Crippen LogP contribution < -0.4 is 0 Å². The summed E-state index contributed by atoms with van der Waals surface area (Å²) in [5.74, 6) is -5.06. The first kappa shape index (κ1) is 41.9. The fourth-order valence-electron chi connectivity index (χ4n) is 7.27. The molecule has 284 valence electrons. The van der Waals surface area contributed by atoms with Crippen molar-refractivity contribution in [1.29, 1.82) is 0 Å². The molecule has 8 atom stereocenters. The van der Waals surface area contributed by atoms with E-state index in [1.807, 2.05) is 0 Å². The third kappa shape index (κ3) is 12.3. The van der Waals surface area contributed by atoms with Gasteiger partial charge in [0.05, 0.1) is 43.0 Å². The fourth-order valence-corrected chi connectivity index (χ4v) is 7.27. The zero-order valence-electron chi connectivity index (χ0n) is 31.6. The lowest BCUT2D eigenvalue weighted by Gasteiger charge is -2.41. The van der Waals surface area contributed by atoms with Crippen molar-refractivity contribution >= 4 is 34.6 Å². The molecule has 1 aliphatic heterocycles. The number of methoxy groups -OCH3 is 1. The van der Waals surface area contributed by atoms with Crippen molar-refractivity contribution in [3.05, 3.63) is 48.5 Å². The third-order valence-electron chi connectivity index (χ3n) is 10.9. The van der Waals surface area contributed by atoms with Crippen molar-refractivity contribution in [2.24, 2.45) is 35.0 Å². The van der Waals surface area contributed by atoms with Crippen molar-refractivity contribution in [2.75, 3.05) is 13.7 Å². The van der Waals surface area contributed by atoms with Crippen LogP contribution in [0.25, 0.3) is 10.8 Å². The maximum atomic E-state index is 13.3. The maximum absolute atomic E-state index is 13.3. The van der Waals surface area contributed by atoms with Crippen LogP contribution in [0.2, 0.25) is 0 Å². The molecule has 1 aliphatic carbocycles. The van der Waals surface area contributed by atoms with Crippen molar-refractivity contribution in [2.45, 2.75) is 124 Å². The number of carboxylic acids is 1. The van der Waals surface area contributed by atoms with E-state index >= 15 is 0 Å². The largest absolute Gasteiger partial charge is 0.481 e. The second-order valence-electron chi connectivity index (χ2n) is 15.4. The number of aliphatic carboxylic acids is 1. The molecule has 2 aliphatic rings. The zero-order chi connectivity index (χ0) is 37.8. The number of carboxylic acid groups (broad SMARTS) is 1. The summed E-state index contributed by atoms with van der Waals surface area (Å²) in [7, 11) is 1.24. The zero-order valence-corrected chi connectivity index (χ0v) is 31.6. The topological polar surface area (TPSA) is 146 Å². The Balaban J connectivity index is 0.000000592. The Hall–Kier alpha value is -3.50. The normalized spacial score (nSPS) is 23.7. The van der Waals surface area contributed by atoms with E-state index in [1.54, 1.807) is 34.6 Å². The number of fused-ring (bicyclic) bond motifs is 1. The molecule has 0 bridgehead atoms. The molecule has 0 spiro atoms. The van der Waals surface area contributed by atoms with Gasteiger partial charge in [-0.1, -0.05) is 75.7 Å². The number of benzene rings is 2. The summed E-state index contributed by atoms with van der Waals surface area (Å²) in [4.78, 5) is 51.6. The van der Waals surface area contributed by atoms with Gasteiger partial charge in [0.15, 0.2) is 0 Å². The molecule has 2 N–H and O–H groups in total. The first-order valence-corrected chi connectivity index (χ1v) is 18.6. The Kier molecular flexibility index (Phi) is 15.9. The fraction of sp³-hybridized carbons (Fsp3) is 0.659. The van der Waals surface area contributed by atoms with Crippen LogP contribution in [0.5, 0.6) is 0 Å². The van der Waals surface area contributed by atoms with Crippen LogP contribution in [0.1, 0.15) is 106 Å². The van der Waals surface area contributed by atoms with E-state index in [0.717, 1.165) is 25.7 Å². The lowest BCUT2D eigenvalue weighted by Crippen LogP contribution is -2.46. The molecule has 1 saturated carbocycles. The Bertz CT molecular complexity index is 1370. The third-order valence-corrected chi connectivity index (χ3v) is 10.9. The quantitative estimate of drug-likeness (QED) is 0.147. The van der Waals surface area contributed by atoms with Crippen molar-refractivity contribution in [3.8, 4) is 0 Å². The highest BCUT2D eigenvalue weighted by Crippen LogP contribution is 2.39. The number of hydrogen-bond acceptors (Lipinski definition) is 9. The van der Waals surface area contributed by atoms with E-state index in [9.17, 15) is 29.4 Å². The molecule has 51 heavy (non-hydrogen) atoms. The van der Waals surface area contributed by atoms with E-state index in [2.05, 4.69) is 55.5 Å². The summed E-state index contributed by atoms with van der Waals surface area (Å²) in [6, 6.07) is 16.7. The number of aliphatic hydroxyl groups is 1. The Morgan fingerprint density at radius 2 is 1.49 bits per heavy atom. The van der Waals surface area contributed by atoms with Gasteiger partial charge < -0.3 is 29.2 Å². The number of carbonyl (C=O) groups is 4. The molecule has 2 aromatic carbocycles. The van der Waals surface area contributed by atoms with Crippen LogP contribution >= 0.6 is 0 Å².